The molecular weight excluding hydrogens is 537 g/mol. The second kappa shape index (κ2) is 9.11. The molecule has 1 aliphatic carbocycles. The Morgan fingerprint density at radius 1 is 1.27 bits per heavy atom. The first kappa shape index (κ1) is 26.9. The Morgan fingerprint density at radius 3 is 2.75 bits per heavy atom. The van der Waals surface area contributed by atoms with Gasteiger partial charge in [-0.05, 0) is 55.2 Å². The standard InChI is InChI=1S/C30H31ClFN3O5/c1-29(2,3)9-5-6-22(36)33-19-8-7-14-23-20(11-18(32)25(14)31)34-26-15(24(19)23)12-35-21(26)10-17-16(27(35)37)13-40-28(38)30(17,4)39/h10-11,19,39H,5-9,12-13H2,1-4H3,(H,33,36)/t19-,30-/m0/s1. The third-order valence-corrected chi connectivity index (χ3v) is 8.74. The number of aromatic nitrogens is 2. The average Bonchev–Trinajstić information content (AvgIpc) is 3.24. The van der Waals surface area contributed by atoms with E-state index < -0.39 is 22.9 Å². The van der Waals surface area contributed by atoms with Crippen molar-refractivity contribution in [2.24, 2.45) is 5.41 Å². The first-order valence-electron chi connectivity index (χ1n) is 13.6. The highest BCUT2D eigenvalue weighted by Crippen LogP contribution is 2.46. The summed E-state index contributed by atoms with van der Waals surface area (Å²) >= 11 is 6.42. The van der Waals surface area contributed by atoms with E-state index in [1.807, 2.05) is 0 Å². The fourth-order valence-electron chi connectivity index (χ4n) is 6.30. The number of nitrogens with zero attached hydrogens (tertiary/aromatic N) is 2. The number of ether oxygens (including phenoxy) is 1. The van der Waals surface area contributed by atoms with Crippen molar-refractivity contribution in [3.05, 3.63) is 61.1 Å². The number of fused-ring (bicyclic) bond motifs is 5. The fraction of sp³-hybridized carbons (Fsp3) is 0.467. The van der Waals surface area contributed by atoms with Crippen molar-refractivity contribution in [1.29, 1.82) is 0 Å². The number of halogens is 2. The number of carbonyl (C=O) groups excluding carboxylic acids is 2. The summed E-state index contributed by atoms with van der Waals surface area (Å²) in [6.45, 7) is 7.66. The number of aryl methyl sites for hydroxylation is 1. The van der Waals surface area contributed by atoms with Crippen molar-refractivity contribution in [1.82, 2.24) is 14.9 Å². The molecule has 0 spiro atoms. The molecule has 10 heteroatoms. The Hall–Kier alpha value is -3.30. The zero-order valence-electron chi connectivity index (χ0n) is 22.9. The van der Waals surface area contributed by atoms with Crippen LogP contribution in [0.1, 0.15) is 87.2 Å². The lowest BCUT2D eigenvalue weighted by Gasteiger charge is -2.29. The lowest BCUT2D eigenvalue weighted by molar-refractivity contribution is -0.169. The SMILES string of the molecule is CC(C)(C)CCCC(=O)N[C@H]1CCc2c(Cl)c(F)cc3nc4c(c1c23)Cn1c-4cc2c(c1=O)COC(=O)[C@@]2(C)O. The number of hydrogen-bond acceptors (Lipinski definition) is 6. The minimum atomic E-state index is -1.99. The number of carbonyl (C=O) groups is 2. The van der Waals surface area contributed by atoms with Crippen molar-refractivity contribution in [2.75, 3.05) is 0 Å². The van der Waals surface area contributed by atoms with Crippen molar-refractivity contribution < 1.29 is 23.8 Å². The van der Waals surface area contributed by atoms with Gasteiger partial charge in [-0.1, -0.05) is 32.4 Å². The van der Waals surface area contributed by atoms with Crippen molar-refractivity contribution in [2.45, 2.75) is 84.6 Å². The van der Waals surface area contributed by atoms with E-state index in [9.17, 15) is 23.9 Å². The third kappa shape index (κ3) is 4.13. The predicted octanol–water partition coefficient (Wildman–Crippen LogP) is 4.80. The number of aliphatic hydroxyl groups is 1. The normalized spacial score (nSPS) is 21.1. The molecule has 2 aliphatic heterocycles. The van der Waals surface area contributed by atoms with Crippen molar-refractivity contribution >= 4 is 34.4 Å². The van der Waals surface area contributed by atoms with Gasteiger partial charge in [0.15, 0.2) is 5.60 Å². The van der Waals surface area contributed by atoms with Crippen LogP contribution in [0.15, 0.2) is 16.9 Å². The van der Waals surface area contributed by atoms with Gasteiger partial charge in [0, 0.05) is 29.0 Å². The Kier molecular flexibility index (Phi) is 6.12. The Balaban J connectivity index is 1.50. The number of nitrogens with one attached hydrogen (secondary N) is 1. The Bertz CT molecular complexity index is 1690. The van der Waals surface area contributed by atoms with E-state index >= 15 is 0 Å². The van der Waals surface area contributed by atoms with Crippen LogP contribution in [-0.2, 0) is 39.5 Å². The summed E-state index contributed by atoms with van der Waals surface area (Å²) in [6, 6.07) is 2.51. The topological polar surface area (TPSA) is 111 Å². The van der Waals surface area contributed by atoms with Gasteiger partial charge in [-0.15, -0.1) is 0 Å². The molecule has 1 aromatic carbocycles. The molecule has 8 nitrogen and oxygen atoms in total. The summed E-state index contributed by atoms with van der Waals surface area (Å²) in [5, 5.41) is 14.8. The number of hydrogen-bond donors (Lipinski definition) is 2. The van der Waals surface area contributed by atoms with Crippen LogP contribution < -0.4 is 10.9 Å². The molecule has 40 heavy (non-hydrogen) atoms. The molecule has 3 aromatic rings. The van der Waals surface area contributed by atoms with E-state index in [0.29, 0.717) is 47.1 Å². The molecule has 2 atom stereocenters. The summed E-state index contributed by atoms with van der Waals surface area (Å²) in [7, 11) is 0. The van der Waals surface area contributed by atoms with E-state index in [1.165, 1.54) is 17.6 Å². The van der Waals surface area contributed by atoms with Crippen molar-refractivity contribution in [3.8, 4) is 11.4 Å². The van der Waals surface area contributed by atoms with E-state index in [0.717, 1.165) is 24.0 Å². The number of benzene rings is 1. The third-order valence-electron chi connectivity index (χ3n) is 8.33. The number of cyclic esters (lactones) is 1. The molecule has 0 saturated carbocycles. The van der Waals surface area contributed by atoms with Crippen LogP contribution in [0.2, 0.25) is 5.02 Å². The quantitative estimate of drug-likeness (QED) is 0.343. The lowest BCUT2D eigenvalue weighted by Crippen LogP contribution is -2.42. The Morgan fingerprint density at radius 2 is 2.02 bits per heavy atom. The maximum Gasteiger partial charge on any atom is 0.342 e. The van der Waals surface area contributed by atoms with Crippen LogP contribution in [-0.4, -0.2) is 26.5 Å². The molecule has 4 heterocycles. The van der Waals surface area contributed by atoms with E-state index in [2.05, 4.69) is 26.1 Å². The van der Waals surface area contributed by atoms with Gasteiger partial charge in [0.1, 0.15) is 12.4 Å². The van der Waals surface area contributed by atoms with Crippen LogP contribution in [0.5, 0.6) is 0 Å². The molecular formula is C30H31ClFN3O5. The maximum absolute atomic E-state index is 14.9. The highest BCUT2D eigenvalue weighted by atomic mass is 35.5. The highest BCUT2D eigenvalue weighted by molar-refractivity contribution is 6.32. The number of pyridine rings is 2. The van der Waals surface area contributed by atoms with E-state index in [1.54, 1.807) is 6.07 Å². The summed E-state index contributed by atoms with van der Waals surface area (Å²) in [6.07, 6.45) is 3.04. The average molecular weight is 568 g/mol. The first-order chi connectivity index (χ1) is 18.8. The molecule has 3 aliphatic rings. The van der Waals surface area contributed by atoms with Gasteiger partial charge >= 0.3 is 5.97 Å². The summed E-state index contributed by atoms with van der Waals surface area (Å²) in [5.74, 6) is -1.49. The van der Waals surface area contributed by atoms with Gasteiger partial charge < -0.3 is 19.7 Å². The smallest absolute Gasteiger partial charge is 0.342 e. The Labute approximate surface area is 235 Å². The second-order valence-electron chi connectivity index (χ2n) is 12.4. The van der Waals surface area contributed by atoms with Crippen LogP contribution in [0.3, 0.4) is 0 Å². The fourth-order valence-corrected chi connectivity index (χ4v) is 6.54. The van der Waals surface area contributed by atoms with Gasteiger partial charge in [0.25, 0.3) is 5.56 Å². The monoisotopic (exact) mass is 567 g/mol. The van der Waals surface area contributed by atoms with E-state index in [4.69, 9.17) is 21.3 Å². The summed E-state index contributed by atoms with van der Waals surface area (Å²) in [4.78, 5) is 43.7. The van der Waals surface area contributed by atoms with Gasteiger partial charge in [0.05, 0.1) is 40.1 Å². The zero-order chi connectivity index (χ0) is 28.7. The molecule has 0 unspecified atom stereocenters. The van der Waals surface area contributed by atoms with Crippen molar-refractivity contribution in [3.63, 3.8) is 0 Å². The predicted molar refractivity (Wildman–Crippen MR) is 147 cm³/mol. The molecule has 0 radical (unpaired) electrons. The van der Waals surface area contributed by atoms with Gasteiger partial charge in [0.2, 0.25) is 5.91 Å². The molecule has 0 fully saturated rings. The van der Waals surface area contributed by atoms with Crippen LogP contribution in [0, 0.1) is 11.2 Å². The van der Waals surface area contributed by atoms with Gasteiger partial charge in [-0.25, -0.2) is 14.2 Å². The number of rotatable bonds is 4. The van der Waals surface area contributed by atoms with E-state index in [-0.39, 0.29) is 46.7 Å². The van der Waals surface area contributed by atoms with Gasteiger partial charge in [-0.2, -0.15) is 0 Å². The molecule has 210 valence electrons. The number of amides is 1. The molecule has 0 saturated heterocycles. The first-order valence-corrected chi connectivity index (χ1v) is 14.0. The van der Waals surface area contributed by atoms with Gasteiger partial charge in [-0.3, -0.25) is 9.59 Å². The second-order valence-corrected chi connectivity index (χ2v) is 12.8. The molecule has 6 rings (SSSR count). The highest BCUT2D eigenvalue weighted by Gasteiger charge is 2.43. The maximum atomic E-state index is 14.9. The minimum absolute atomic E-state index is 0.0419. The molecule has 1 amide bonds. The molecule has 2 N–H and O–H groups in total. The lowest BCUT2D eigenvalue weighted by atomic mass is 9.83. The largest absolute Gasteiger partial charge is 0.458 e. The zero-order valence-corrected chi connectivity index (χ0v) is 23.7. The molecule has 2 aromatic heterocycles. The number of esters is 1. The van der Waals surface area contributed by atoms with Crippen LogP contribution in [0.25, 0.3) is 22.3 Å². The minimum Gasteiger partial charge on any atom is -0.458 e. The van der Waals surface area contributed by atoms with Crippen LogP contribution >= 0.6 is 11.6 Å². The molecule has 0 bridgehead atoms. The van der Waals surface area contributed by atoms with Crippen LogP contribution in [0.4, 0.5) is 4.39 Å². The summed E-state index contributed by atoms with van der Waals surface area (Å²) < 4.78 is 21.5. The summed E-state index contributed by atoms with van der Waals surface area (Å²) in [5.41, 5.74) is 1.55.